The summed E-state index contributed by atoms with van der Waals surface area (Å²) in [5.74, 6) is -3.71. The molecule has 19 heavy (non-hydrogen) atoms. The highest BCUT2D eigenvalue weighted by Gasteiger charge is 2.61. The topological polar surface area (TPSA) is 121 Å². The first-order valence-corrected chi connectivity index (χ1v) is 7.24. The molecule has 0 spiro atoms. The molecule has 0 aromatic heterocycles. The third kappa shape index (κ3) is 3.49. The molecule has 108 valence electrons. The smallest absolute Gasteiger partial charge is 0.481 e. The molecule has 8 heteroatoms. The van der Waals surface area contributed by atoms with Gasteiger partial charge in [-0.1, -0.05) is 0 Å². The zero-order valence-electron chi connectivity index (χ0n) is 10.6. The van der Waals surface area contributed by atoms with Gasteiger partial charge in [-0.05, 0) is 30.8 Å². The lowest BCUT2D eigenvalue weighted by Crippen LogP contribution is -2.48. The van der Waals surface area contributed by atoms with E-state index >= 15 is 0 Å². The van der Waals surface area contributed by atoms with Gasteiger partial charge in [0.15, 0.2) is 0 Å². The van der Waals surface area contributed by atoms with Crippen LogP contribution in [-0.4, -0.2) is 44.9 Å². The Balaban J connectivity index is 3.08. The molecule has 0 radical (unpaired) electrons. The minimum absolute atomic E-state index is 0.415. The molecule has 0 amide bonds. The van der Waals surface area contributed by atoms with Crippen molar-refractivity contribution in [1.29, 1.82) is 0 Å². The summed E-state index contributed by atoms with van der Waals surface area (Å²) in [7, 11) is -3.07. The average Bonchev–Trinajstić information content (AvgIpc) is 2.35. The molecule has 1 rings (SSSR count). The molecular weight excluding hydrogens is 275 g/mol. The fourth-order valence-corrected chi connectivity index (χ4v) is 3.05. The second-order valence-corrected chi connectivity index (χ2v) is 6.31. The maximum Gasteiger partial charge on any atom is 0.524 e. The molecule has 0 aliphatic carbocycles. The molecule has 1 saturated heterocycles. The summed E-state index contributed by atoms with van der Waals surface area (Å²) in [6.07, 6.45) is 1.00. The number of carbonyl (C=O) groups is 2. The summed E-state index contributed by atoms with van der Waals surface area (Å²) in [5, 5.41) is 16.1. The lowest BCUT2D eigenvalue weighted by Gasteiger charge is -2.33. The Labute approximate surface area is 111 Å². The van der Waals surface area contributed by atoms with Crippen LogP contribution in [0.1, 0.15) is 32.6 Å². The quantitative estimate of drug-likeness (QED) is 0.629. The van der Waals surface area contributed by atoms with E-state index in [-0.39, 0.29) is 0 Å². The van der Waals surface area contributed by atoms with Crippen molar-refractivity contribution in [2.45, 2.75) is 43.9 Å². The molecular formula is C11H18O7P+. The highest BCUT2D eigenvalue weighted by molar-refractivity contribution is 7.41. The van der Waals surface area contributed by atoms with Gasteiger partial charge >= 0.3 is 20.0 Å². The van der Waals surface area contributed by atoms with Crippen LogP contribution in [-0.2, 0) is 18.9 Å². The van der Waals surface area contributed by atoms with E-state index in [1.165, 1.54) is 0 Å². The molecule has 0 aromatic carbocycles. The van der Waals surface area contributed by atoms with Crippen molar-refractivity contribution >= 4 is 20.0 Å². The molecule has 3 N–H and O–H groups in total. The molecule has 0 aromatic rings. The van der Waals surface area contributed by atoms with Crippen molar-refractivity contribution in [3.63, 3.8) is 0 Å². The molecule has 0 bridgehead atoms. The molecule has 1 fully saturated rings. The number of hydrogen-bond donors (Lipinski definition) is 3. The normalized spacial score (nSPS) is 25.2. The van der Waals surface area contributed by atoms with E-state index < -0.39 is 43.6 Å². The number of carboxylic acid groups (broad SMARTS) is 2. The summed E-state index contributed by atoms with van der Waals surface area (Å²) < 4.78 is 16.9. The fourth-order valence-electron chi connectivity index (χ4n) is 2.35. The SMILES string of the molecule is CC(C(=O)O)(C(CC(=O)O)C1CCCCO1)[P+](=O)O. The summed E-state index contributed by atoms with van der Waals surface area (Å²) in [6.45, 7) is 1.53. The highest BCUT2D eigenvalue weighted by Crippen LogP contribution is 2.46. The second kappa shape index (κ2) is 6.41. The lowest BCUT2D eigenvalue weighted by molar-refractivity contribution is -0.148. The number of aliphatic carboxylic acids is 2. The van der Waals surface area contributed by atoms with Gasteiger partial charge in [-0.2, -0.15) is 4.89 Å². The Kier molecular flexibility index (Phi) is 5.40. The molecule has 4 unspecified atom stereocenters. The second-order valence-electron chi connectivity index (χ2n) is 4.83. The Morgan fingerprint density at radius 3 is 2.42 bits per heavy atom. The van der Waals surface area contributed by atoms with Crippen molar-refractivity contribution in [2.75, 3.05) is 6.61 Å². The van der Waals surface area contributed by atoms with Gasteiger partial charge in [0.2, 0.25) is 0 Å². The Morgan fingerprint density at radius 1 is 1.42 bits per heavy atom. The highest BCUT2D eigenvalue weighted by atomic mass is 31.1. The van der Waals surface area contributed by atoms with Gasteiger partial charge < -0.3 is 14.9 Å². The van der Waals surface area contributed by atoms with Gasteiger partial charge in [0.05, 0.1) is 18.4 Å². The van der Waals surface area contributed by atoms with Gasteiger partial charge in [-0.3, -0.25) is 4.79 Å². The van der Waals surface area contributed by atoms with Gasteiger partial charge in [0, 0.05) is 6.61 Å². The third-order valence-corrected chi connectivity index (χ3v) is 4.93. The van der Waals surface area contributed by atoms with E-state index in [1.54, 1.807) is 0 Å². The van der Waals surface area contributed by atoms with Gasteiger partial charge in [-0.15, -0.1) is 0 Å². The molecule has 1 aliphatic heterocycles. The number of rotatable bonds is 6. The Morgan fingerprint density at radius 2 is 2.05 bits per heavy atom. The maximum atomic E-state index is 11.4. The van der Waals surface area contributed by atoms with Crippen molar-refractivity contribution in [2.24, 2.45) is 5.92 Å². The zero-order chi connectivity index (χ0) is 14.6. The number of ether oxygens (including phenoxy) is 1. The predicted molar refractivity (Wildman–Crippen MR) is 65.2 cm³/mol. The van der Waals surface area contributed by atoms with Crippen molar-refractivity contribution < 1.29 is 34.0 Å². The van der Waals surface area contributed by atoms with Gasteiger partial charge in [0.25, 0.3) is 5.16 Å². The first-order valence-electron chi connectivity index (χ1n) is 6.03. The van der Waals surface area contributed by atoms with Crippen LogP contribution in [0.3, 0.4) is 0 Å². The van der Waals surface area contributed by atoms with Crippen LogP contribution in [0.4, 0.5) is 0 Å². The number of carboxylic acids is 2. The minimum Gasteiger partial charge on any atom is -0.481 e. The largest absolute Gasteiger partial charge is 0.524 e. The summed E-state index contributed by atoms with van der Waals surface area (Å²) in [5.41, 5.74) is 0. The van der Waals surface area contributed by atoms with E-state index in [1.807, 2.05) is 0 Å². The van der Waals surface area contributed by atoms with Crippen molar-refractivity contribution in [3.05, 3.63) is 0 Å². The van der Waals surface area contributed by atoms with E-state index in [0.717, 1.165) is 19.8 Å². The average molecular weight is 293 g/mol. The van der Waals surface area contributed by atoms with Crippen LogP contribution in [0, 0.1) is 5.92 Å². The summed E-state index contributed by atoms with van der Waals surface area (Å²) >= 11 is 0. The standard InChI is InChI=1S/C11H17O7P/c1-11(10(14)15,19(16)17)7(6-9(12)13)8-4-2-3-5-18-8/h7-8H,2-6H2,1H3,(H2-,12,13,14,15,16,17)/p+1. The number of hydrogen-bond acceptors (Lipinski definition) is 4. The molecule has 4 atom stereocenters. The molecule has 0 saturated carbocycles. The maximum absolute atomic E-state index is 11.4. The Bertz CT molecular complexity index is 361. The van der Waals surface area contributed by atoms with Gasteiger partial charge in [-0.25, -0.2) is 4.79 Å². The van der Waals surface area contributed by atoms with Crippen LogP contribution in [0.2, 0.25) is 0 Å². The first-order chi connectivity index (χ1) is 8.80. The fraction of sp³-hybridized carbons (Fsp3) is 0.818. The van der Waals surface area contributed by atoms with E-state index in [0.29, 0.717) is 13.0 Å². The van der Waals surface area contributed by atoms with Crippen LogP contribution >= 0.6 is 8.03 Å². The third-order valence-electron chi connectivity index (χ3n) is 3.61. The minimum atomic E-state index is -3.07. The van der Waals surface area contributed by atoms with Crippen LogP contribution in [0.15, 0.2) is 0 Å². The van der Waals surface area contributed by atoms with Crippen LogP contribution in [0.5, 0.6) is 0 Å². The molecule has 7 nitrogen and oxygen atoms in total. The molecule has 1 heterocycles. The van der Waals surface area contributed by atoms with Crippen molar-refractivity contribution in [3.8, 4) is 0 Å². The van der Waals surface area contributed by atoms with E-state index in [4.69, 9.17) is 9.84 Å². The summed E-state index contributed by atoms with van der Waals surface area (Å²) in [6, 6.07) is 0. The van der Waals surface area contributed by atoms with Crippen LogP contribution in [0.25, 0.3) is 0 Å². The van der Waals surface area contributed by atoms with Crippen LogP contribution < -0.4 is 0 Å². The lowest BCUT2D eigenvalue weighted by atomic mass is 9.82. The van der Waals surface area contributed by atoms with Crippen molar-refractivity contribution in [1.82, 2.24) is 0 Å². The predicted octanol–water partition coefficient (Wildman–Crippen LogP) is 1.22. The van der Waals surface area contributed by atoms with Gasteiger partial charge in [0.1, 0.15) is 0 Å². The zero-order valence-corrected chi connectivity index (χ0v) is 11.5. The monoisotopic (exact) mass is 293 g/mol. The van der Waals surface area contributed by atoms with E-state index in [9.17, 15) is 24.2 Å². The Hall–Kier alpha value is -1.04. The first kappa shape index (κ1) is 16.0. The van der Waals surface area contributed by atoms with E-state index in [2.05, 4.69) is 0 Å². The molecule has 1 aliphatic rings. The summed E-state index contributed by atoms with van der Waals surface area (Å²) in [4.78, 5) is 31.6.